The molecule has 0 aliphatic carbocycles. The van der Waals surface area contributed by atoms with Crippen molar-refractivity contribution in [1.82, 2.24) is 10.6 Å². The number of rotatable bonds is 7. The maximum absolute atomic E-state index is 12.2. The van der Waals surface area contributed by atoms with Crippen LogP contribution < -0.4 is 20.9 Å². The van der Waals surface area contributed by atoms with Crippen LogP contribution in [0, 0.1) is 0 Å². The molecule has 2 aromatic rings. The van der Waals surface area contributed by atoms with E-state index in [0.717, 1.165) is 18.8 Å². The summed E-state index contributed by atoms with van der Waals surface area (Å²) in [6.07, 6.45) is 0. The van der Waals surface area contributed by atoms with Gasteiger partial charge in [-0.25, -0.2) is 0 Å². The number of amides is 3. The standard InChI is InChI=1S/C19H22N4O4S/c24-17(12-21-19(26)16-6-3-11-28-16)20-13-18(25)22-14-4-1-2-5-15(14)23-7-9-27-10-8-23/h1-6,11H,7-10,12-13H2,(H,20,24)(H,21,26)(H,22,25). The Bertz CT molecular complexity index is 819. The van der Waals surface area contributed by atoms with Crippen LogP contribution >= 0.6 is 11.3 Å². The zero-order valence-electron chi connectivity index (χ0n) is 15.3. The van der Waals surface area contributed by atoms with Crippen molar-refractivity contribution in [3.05, 3.63) is 46.7 Å². The molecule has 148 valence electrons. The van der Waals surface area contributed by atoms with Gasteiger partial charge in [0.15, 0.2) is 0 Å². The number of morpholine rings is 1. The Labute approximate surface area is 166 Å². The van der Waals surface area contributed by atoms with Gasteiger partial charge >= 0.3 is 0 Å². The van der Waals surface area contributed by atoms with Crippen molar-refractivity contribution in [3.63, 3.8) is 0 Å². The second kappa shape index (κ2) is 9.86. The lowest BCUT2D eigenvalue weighted by molar-refractivity contribution is -0.123. The van der Waals surface area contributed by atoms with Gasteiger partial charge in [0.05, 0.1) is 42.6 Å². The summed E-state index contributed by atoms with van der Waals surface area (Å²) in [5.41, 5.74) is 1.61. The highest BCUT2D eigenvalue weighted by Gasteiger charge is 2.16. The molecule has 1 aromatic carbocycles. The van der Waals surface area contributed by atoms with Crippen molar-refractivity contribution >= 4 is 40.4 Å². The molecule has 1 aliphatic heterocycles. The molecule has 0 atom stereocenters. The van der Waals surface area contributed by atoms with Crippen LogP contribution in [0.3, 0.4) is 0 Å². The van der Waals surface area contributed by atoms with Gasteiger partial charge in [-0.15, -0.1) is 11.3 Å². The lowest BCUT2D eigenvalue weighted by Gasteiger charge is -2.30. The number of para-hydroxylation sites is 2. The topological polar surface area (TPSA) is 99.8 Å². The maximum atomic E-state index is 12.2. The number of thiophene rings is 1. The molecule has 8 nitrogen and oxygen atoms in total. The average molecular weight is 402 g/mol. The number of hydrogen-bond acceptors (Lipinski definition) is 6. The Morgan fingerprint density at radius 3 is 2.46 bits per heavy atom. The first-order valence-corrected chi connectivity index (χ1v) is 9.81. The summed E-state index contributed by atoms with van der Waals surface area (Å²) in [6.45, 7) is 2.45. The Hall–Kier alpha value is -2.91. The van der Waals surface area contributed by atoms with E-state index in [0.29, 0.717) is 23.8 Å². The summed E-state index contributed by atoms with van der Waals surface area (Å²) in [5.74, 6) is -1.07. The van der Waals surface area contributed by atoms with Gasteiger partial charge in [0.25, 0.3) is 5.91 Å². The third kappa shape index (κ3) is 5.54. The predicted octanol–water partition coefficient (Wildman–Crippen LogP) is 1.07. The minimum Gasteiger partial charge on any atom is -0.378 e. The van der Waals surface area contributed by atoms with Crippen molar-refractivity contribution in [2.24, 2.45) is 0 Å². The summed E-state index contributed by atoms with van der Waals surface area (Å²) in [6, 6.07) is 11.0. The molecule has 1 fully saturated rings. The lowest BCUT2D eigenvalue weighted by Crippen LogP contribution is -2.40. The molecule has 28 heavy (non-hydrogen) atoms. The maximum Gasteiger partial charge on any atom is 0.261 e. The fraction of sp³-hybridized carbons (Fsp3) is 0.316. The van der Waals surface area contributed by atoms with Gasteiger partial charge in [-0.2, -0.15) is 0 Å². The molecule has 9 heteroatoms. The fourth-order valence-corrected chi connectivity index (χ4v) is 3.39. The summed E-state index contributed by atoms with van der Waals surface area (Å²) in [4.78, 5) is 38.6. The van der Waals surface area contributed by atoms with E-state index in [2.05, 4.69) is 20.9 Å². The van der Waals surface area contributed by atoms with E-state index in [1.165, 1.54) is 11.3 Å². The molecule has 3 amide bonds. The number of benzene rings is 1. The highest BCUT2D eigenvalue weighted by atomic mass is 32.1. The second-order valence-corrected chi connectivity index (χ2v) is 7.05. The summed E-state index contributed by atoms with van der Waals surface area (Å²) in [7, 11) is 0. The Morgan fingerprint density at radius 2 is 1.71 bits per heavy atom. The number of ether oxygens (including phenoxy) is 1. The van der Waals surface area contributed by atoms with Gasteiger partial charge in [-0.1, -0.05) is 18.2 Å². The van der Waals surface area contributed by atoms with Crippen molar-refractivity contribution in [2.75, 3.05) is 49.6 Å². The van der Waals surface area contributed by atoms with Gasteiger partial charge < -0.3 is 25.6 Å². The zero-order valence-corrected chi connectivity index (χ0v) is 16.1. The molecule has 2 heterocycles. The van der Waals surface area contributed by atoms with Crippen LogP contribution in [0.1, 0.15) is 9.67 Å². The largest absolute Gasteiger partial charge is 0.378 e. The van der Waals surface area contributed by atoms with Crippen LogP contribution in [-0.4, -0.2) is 57.1 Å². The van der Waals surface area contributed by atoms with E-state index in [1.807, 2.05) is 24.3 Å². The van der Waals surface area contributed by atoms with Crippen LogP contribution in [0.25, 0.3) is 0 Å². The van der Waals surface area contributed by atoms with Gasteiger partial charge in [0.1, 0.15) is 0 Å². The van der Waals surface area contributed by atoms with Crippen LogP contribution in [0.2, 0.25) is 0 Å². The normalized spacial score (nSPS) is 13.6. The van der Waals surface area contributed by atoms with E-state index >= 15 is 0 Å². The van der Waals surface area contributed by atoms with Gasteiger partial charge in [-0.05, 0) is 23.6 Å². The lowest BCUT2D eigenvalue weighted by atomic mass is 10.2. The minimum atomic E-state index is -0.429. The SMILES string of the molecule is O=C(CNC(=O)c1cccs1)NCC(=O)Nc1ccccc1N1CCOCC1. The van der Waals surface area contributed by atoms with Crippen LogP contribution in [0.5, 0.6) is 0 Å². The van der Waals surface area contributed by atoms with E-state index in [-0.39, 0.29) is 24.9 Å². The first-order chi connectivity index (χ1) is 13.6. The molecule has 1 aliphatic rings. The molecule has 0 unspecified atom stereocenters. The zero-order chi connectivity index (χ0) is 19.8. The number of hydrogen-bond donors (Lipinski definition) is 3. The minimum absolute atomic E-state index is 0.175. The molecule has 0 saturated carbocycles. The van der Waals surface area contributed by atoms with E-state index in [1.54, 1.807) is 17.5 Å². The van der Waals surface area contributed by atoms with Crippen LogP contribution in [-0.2, 0) is 14.3 Å². The van der Waals surface area contributed by atoms with Crippen molar-refractivity contribution in [1.29, 1.82) is 0 Å². The summed E-state index contributed by atoms with van der Waals surface area (Å²) in [5, 5.41) is 9.64. The molecule has 3 rings (SSSR count). The first-order valence-electron chi connectivity index (χ1n) is 8.93. The van der Waals surface area contributed by atoms with E-state index in [9.17, 15) is 14.4 Å². The van der Waals surface area contributed by atoms with E-state index in [4.69, 9.17) is 4.74 Å². The Morgan fingerprint density at radius 1 is 0.964 bits per heavy atom. The van der Waals surface area contributed by atoms with Gasteiger partial charge in [-0.3, -0.25) is 14.4 Å². The highest BCUT2D eigenvalue weighted by molar-refractivity contribution is 7.12. The Kier molecular flexibility index (Phi) is 6.99. The van der Waals surface area contributed by atoms with Crippen molar-refractivity contribution in [2.45, 2.75) is 0 Å². The summed E-state index contributed by atoms with van der Waals surface area (Å²) >= 11 is 1.30. The van der Waals surface area contributed by atoms with Gasteiger partial charge in [0, 0.05) is 13.1 Å². The second-order valence-electron chi connectivity index (χ2n) is 6.10. The number of nitrogens with one attached hydrogen (secondary N) is 3. The smallest absolute Gasteiger partial charge is 0.261 e. The molecule has 0 spiro atoms. The summed E-state index contributed by atoms with van der Waals surface area (Å²) < 4.78 is 5.36. The molecule has 1 aromatic heterocycles. The monoisotopic (exact) mass is 402 g/mol. The number of carbonyl (C=O) groups is 3. The third-order valence-corrected chi connectivity index (χ3v) is 5.00. The fourth-order valence-electron chi connectivity index (χ4n) is 2.75. The van der Waals surface area contributed by atoms with Crippen LogP contribution in [0.4, 0.5) is 11.4 Å². The Balaban J connectivity index is 1.45. The number of carbonyl (C=O) groups excluding carboxylic acids is 3. The quantitative estimate of drug-likeness (QED) is 0.643. The van der Waals surface area contributed by atoms with Crippen molar-refractivity contribution < 1.29 is 19.1 Å². The number of anilines is 2. The molecule has 0 radical (unpaired) electrons. The predicted molar refractivity (Wildman–Crippen MR) is 108 cm³/mol. The number of nitrogens with zero attached hydrogens (tertiary/aromatic N) is 1. The highest BCUT2D eigenvalue weighted by Crippen LogP contribution is 2.26. The van der Waals surface area contributed by atoms with Gasteiger partial charge in [0.2, 0.25) is 11.8 Å². The molecular formula is C19H22N4O4S. The van der Waals surface area contributed by atoms with E-state index < -0.39 is 5.91 Å². The molecule has 1 saturated heterocycles. The molecule has 0 bridgehead atoms. The molecule has 3 N–H and O–H groups in total. The van der Waals surface area contributed by atoms with Crippen LogP contribution in [0.15, 0.2) is 41.8 Å². The third-order valence-electron chi connectivity index (χ3n) is 4.13. The van der Waals surface area contributed by atoms with Crippen molar-refractivity contribution in [3.8, 4) is 0 Å². The molecular weight excluding hydrogens is 380 g/mol. The average Bonchev–Trinajstić information content (AvgIpc) is 3.26. The first kappa shape index (κ1) is 19.8.